The minimum absolute atomic E-state index is 0.0878. The highest BCUT2D eigenvalue weighted by molar-refractivity contribution is 5.76. The number of nitrogens with one attached hydrogen (secondary N) is 2. The van der Waals surface area contributed by atoms with Crippen molar-refractivity contribution in [2.24, 2.45) is 13.0 Å². The second-order valence-electron chi connectivity index (χ2n) is 5.42. The van der Waals surface area contributed by atoms with Crippen molar-refractivity contribution >= 4 is 5.91 Å². The summed E-state index contributed by atoms with van der Waals surface area (Å²) in [5.74, 6) is 0.161. The Morgan fingerprint density at radius 2 is 2.27 bits per heavy atom. The highest BCUT2D eigenvalue weighted by Gasteiger charge is 2.12. The fourth-order valence-electron chi connectivity index (χ4n) is 2.24. The minimum Gasteiger partial charge on any atom is -0.349 e. The summed E-state index contributed by atoms with van der Waals surface area (Å²) in [6, 6.07) is 6.38. The van der Waals surface area contributed by atoms with Gasteiger partial charge in [-0.1, -0.05) is 19.1 Å². The van der Waals surface area contributed by atoms with Crippen LogP contribution in [0.25, 0.3) is 0 Å². The number of rotatable bonds is 6. The van der Waals surface area contributed by atoms with Gasteiger partial charge >= 0.3 is 5.69 Å². The van der Waals surface area contributed by atoms with Gasteiger partial charge < -0.3 is 5.32 Å². The van der Waals surface area contributed by atoms with Gasteiger partial charge in [0.1, 0.15) is 5.82 Å². The maximum atomic E-state index is 13.1. The molecule has 0 aliphatic carbocycles. The lowest BCUT2D eigenvalue weighted by molar-refractivity contribution is -0.122. The van der Waals surface area contributed by atoms with E-state index in [9.17, 15) is 14.0 Å². The van der Waals surface area contributed by atoms with Crippen LogP contribution in [-0.2, 0) is 24.8 Å². The van der Waals surface area contributed by atoms with Crippen molar-refractivity contribution in [1.29, 1.82) is 0 Å². The summed E-state index contributed by atoms with van der Waals surface area (Å²) < 4.78 is 14.5. The smallest absolute Gasteiger partial charge is 0.343 e. The first-order valence-electron chi connectivity index (χ1n) is 7.07. The summed E-state index contributed by atoms with van der Waals surface area (Å²) in [6.45, 7) is 2.13. The van der Waals surface area contributed by atoms with Gasteiger partial charge in [-0.15, -0.1) is 0 Å². The first kappa shape index (κ1) is 15.9. The maximum Gasteiger partial charge on any atom is 0.343 e. The van der Waals surface area contributed by atoms with Crippen LogP contribution >= 0.6 is 0 Å². The number of hydrogen-bond acceptors (Lipinski definition) is 3. The van der Waals surface area contributed by atoms with Gasteiger partial charge in [0.2, 0.25) is 5.91 Å². The molecule has 2 rings (SSSR count). The Labute approximate surface area is 127 Å². The number of amides is 1. The van der Waals surface area contributed by atoms with Crippen LogP contribution in [0.15, 0.2) is 29.1 Å². The first-order chi connectivity index (χ1) is 10.5. The number of halogens is 1. The van der Waals surface area contributed by atoms with E-state index in [1.54, 1.807) is 13.1 Å². The fraction of sp³-hybridized carbons (Fsp3) is 0.400. The van der Waals surface area contributed by atoms with Crippen molar-refractivity contribution in [3.8, 4) is 0 Å². The number of nitrogens with zero attached hydrogens (tertiary/aromatic N) is 2. The number of aromatic nitrogens is 3. The second kappa shape index (κ2) is 7.02. The Morgan fingerprint density at radius 3 is 2.91 bits per heavy atom. The van der Waals surface area contributed by atoms with Crippen molar-refractivity contribution < 1.29 is 9.18 Å². The van der Waals surface area contributed by atoms with Crippen LogP contribution in [0.3, 0.4) is 0 Å². The van der Waals surface area contributed by atoms with E-state index in [1.807, 2.05) is 13.0 Å². The molecule has 2 N–H and O–H groups in total. The molecule has 0 radical (unpaired) electrons. The van der Waals surface area contributed by atoms with E-state index in [4.69, 9.17) is 0 Å². The average molecular weight is 306 g/mol. The Hall–Kier alpha value is -2.44. The van der Waals surface area contributed by atoms with Gasteiger partial charge in [0.15, 0.2) is 5.82 Å². The van der Waals surface area contributed by atoms with Gasteiger partial charge in [0.25, 0.3) is 0 Å². The number of benzene rings is 1. The number of carbonyl (C=O) groups is 1. The second-order valence-corrected chi connectivity index (χ2v) is 5.42. The summed E-state index contributed by atoms with van der Waals surface area (Å²) in [6.07, 6.45) is 0.959. The van der Waals surface area contributed by atoms with Gasteiger partial charge in [-0.25, -0.2) is 14.3 Å². The third kappa shape index (κ3) is 4.28. The molecule has 0 fully saturated rings. The maximum absolute atomic E-state index is 13.1. The molecule has 118 valence electrons. The van der Waals surface area contributed by atoms with Crippen LogP contribution in [-0.4, -0.2) is 20.7 Å². The standard InChI is InChI=1S/C15H19FN4O2/c1-10(6-11-4-3-5-12(16)8-11)7-14(21)17-9-13-18-19-15(22)20(13)2/h3-5,8,10H,6-7,9H2,1-2H3,(H,17,21)(H,19,22). The molecule has 1 heterocycles. The van der Waals surface area contributed by atoms with E-state index in [-0.39, 0.29) is 29.9 Å². The lowest BCUT2D eigenvalue weighted by Gasteiger charge is -2.11. The van der Waals surface area contributed by atoms with Crippen molar-refractivity contribution in [3.63, 3.8) is 0 Å². The molecule has 1 unspecified atom stereocenters. The summed E-state index contributed by atoms with van der Waals surface area (Å²) in [5.41, 5.74) is 0.554. The molecule has 0 spiro atoms. The van der Waals surface area contributed by atoms with Gasteiger partial charge in [0.05, 0.1) is 6.54 Å². The quantitative estimate of drug-likeness (QED) is 0.839. The predicted molar refractivity (Wildman–Crippen MR) is 79.6 cm³/mol. The van der Waals surface area contributed by atoms with E-state index in [0.717, 1.165) is 5.56 Å². The van der Waals surface area contributed by atoms with Gasteiger partial charge in [-0.2, -0.15) is 5.10 Å². The third-order valence-corrected chi connectivity index (χ3v) is 3.42. The predicted octanol–water partition coefficient (Wildman–Crippen LogP) is 1.13. The van der Waals surface area contributed by atoms with Gasteiger partial charge in [0, 0.05) is 13.5 Å². The largest absolute Gasteiger partial charge is 0.349 e. The Balaban J connectivity index is 1.81. The summed E-state index contributed by atoms with van der Waals surface area (Å²) >= 11 is 0. The normalized spacial score (nSPS) is 12.1. The molecule has 0 saturated heterocycles. The van der Waals surface area contributed by atoms with E-state index in [0.29, 0.717) is 18.7 Å². The summed E-state index contributed by atoms with van der Waals surface area (Å²) in [7, 11) is 1.58. The molecular formula is C15H19FN4O2. The minimum atomic E-state index is -0.316. The van der Waals surface area contributed by atoms with E-state index in [2.05, 4.69) is 15.5 Å². The molecule has 1 atom stereocenters. The van der Waals surface area contributed by atoms with Crippen LogP contribution in [0.5, 0.6) is 0 Å². The van der Waals surface area contributed by atoms with Crippen LogP contribution < -0.4 is 11.0 Å². The fourth-order valence-corrected chi connectivity index (χ4v) is 2.24. The van der Waals surface area contributed by atoms with Crippen LogP contribution in [0.4, 0.5) is 4.39 Å². The zero-order chi connectivity index (χ0) is 16.1. The highest BCUT2D eigenvalue weighted by atomic mass is 19.1. The van der Waals surface area contributed by atoms with Crippen molar-refractivity contribution in [1.82, 2.24) is 20.1 Å². The van der Waals surface area contributed by atoms with Crippen molar-refractivity contribution in [2.45, 2.75) is 26.3 Å². The number of aromatic amines is 1. The SMILES string of the molecule is CC(CC(=O)NCc1n[nH]c(=O)n1C)Cc1cccc(F)c1. The third-order valence-electron chi connectivity index (χ3n) is 3.42. The molecule has 22 heavy (non-hydrogen) atoms. The molecule has 0 bridgehead atoms. The zero-order valence-electron chi connectivity index (χ0n) is 12.6. The lowest BCUT2D eigenvalue weighted by Crippen LogP contribution is -2.27. The van der Waals surface area contributed by atoms with E-state index in [1.165, 1.54) is 16.7 Å². The highest BCUT2D eigenvalue weighted by Crippen LogP contribution is 2.13. The molecule has 0 aliphatic heterocycles. The average Bonchev–Trinajstić information content (AvgIpc) is 2.76. The Kier molecular flexibility index (Phi) is 5.08. The molecule has 1 aromatic heterocycles. The monoisotopic (exact) mass is 306 g/mol. The van der Waals surface area contributed by atoms with Gasteiger partial charge in [-0.05, 0) is 30.0 Å². The number of hydrogen-bond donors (Lipinski definition) is 2. The van der Waals surface area contributed by atoms with E-state index < -0.39 is 0 Å². The molecular weight excluding hydrogens is 287 g/mol. The van der Waals surface area contributed by atoms with Crippen LogP contribution in [0.1, 0.15) is 24.7 Å². The Morgan fingerprint density at radius 1 is 1.50 bits per heavy atom. The summed E-state index contributed by atoms with van der Waals surface area (Å²) in [4.78, 5) is 23.1. The topological polar surface area (TPSA) is 79.8 Å². The Bertz CT molecular complexity index is 708. The number of H-pyrrole nitrogens is 1. The van der Waals surface area contributed by atoms with Crippen molar-refractivity contribution in [2.75, 3.05) is 0 Å². The zero-order valence-corrected chi connectivity index (χ0v) is 12.6. The summed E-state index contributed by atoms with van der Waals surface area (Å²) in [5, 5.41) is 8.85. The molecule has 1 aromatic carbocycles. The molecule has 7 heteroatoms. The van der Waals surface area contributed by atoms with Crippen LogP contribution in [0.2, 0.25) is 0 Å². The van der Waals surface area contributed by atoms with Gasteiger partial charge in [-0.3, -0.25) is 9.36 Å². The molecule has 0 aliphatic rings. The molecule has 2 aromatic rings. The first-order valence-corrected chi connectivity index (χ1v) is 7.07. The van der Waals surface area contributed by atoms with Crippen LogP contribution in [0, 0.1) is 11.7 Å². The molecule has 1 amide bonds. The number of carbonyl (C=O) groups excluding carboxylic acids is 1. The lowest BCUT2D eigenvalue weighted by atomic mass is 9.98. The van der Waals surface area contributed by atoms with E-state index >= 15 is 0 Å². The van der Waals surface area contributed by atoms with Crippen molar-refractivity contribution in [3.05, 3.63) is 52.0 Å². The molecule has 6 nitrogen and oxygen atoms in total. The molecule has 0 saturated carbocycles.